The third-order valence-electron chi connectivity index (χ3n) is 14.5. The highest BCUT2D eigenvalue weighted by Gasteiger charge is 2.61. The van der Waals surface area contributed by atoms with Gasteiger partial charge in [-0.15, -0.1) is 0 Å². The fourth-order valence-corrected chi connectivity index (χ4v) is 10.8. The van der Waals surface area contributed by atoms with Crippen LogP contribution in [-0.4, -0.2) is 111 Å². The van der Waals surface area contributed by atoms with Crippen molar-refractivity contribution in [2.45, 2.75) is 192 Å². The first-order chi connectivity index (χ1) is 27.6. The summed E-state index contributed by atoms with van der Waals surface area (Å²) in [6, 6.07) is 0. The van der Waals surface area contributed by atoms with Crippen molar-refractivity contribution in [2.75, 3.05) is 13.7 Å². The van der Waals surface area contributed by atoms with Gasteiger partial charge in [-0.1, -0.05) is 91.3 Å². The van der Waals surface area contributed by atoms with Gasteiger partial charge in [0.05, 0.1) is 43.2 Å². The molecule has 6 unspecified atom stereocenters. The molecular weight excluding hydrogens is 769 g/mol. The predicted molar refractivity (Wildman–Crippen MR) is 229 cm³/mol. The summed E-state index contributed by atoms with van der Waals surface area (Å²) >= 11 is 0. The van der Waals surface area contributed by atoms with Crippen LogP contribution in [-0.2, 0) is 42.4 Å². The molecule has 0 radical (unpaired) electrons. The maximum absolute atomic E-state index is 14.7. The molecule has 5 aliphatic heterocycles. The van der Waals surface area contributed by atoms with Gasteiger partial charge in [-0.05, 0) is 74.0 Å². The number of esters is 1. The van der Waals surface area contributed by atoms with Crippen LogP contribution in [0.4, 0.5) is 0 Å². The lowest BCUT2D eigenvalue weighted by Crippen LogP contribution is -2.60. The number of fused-ring (bicyclic) bond motifs is 2. The van der Waals surface area contributed by atoms with Crippen LogP contribution >= 0.6 is 0 Å². The summed E-state index contributed by atoms with van der Waals surface area (Å²) in [6.45, 7) is 25.6. The largest absolute Gasteiger partial charge is 0.462 e. The fraction of sp³-hybridized carbons (Fsp3) is 0.766. The molecule has 1 spiro atoms. The average Bonchev–Trinajstić information content (AvgIpc) is 3.51. The Morgan fingerprint density at radius 3 is 2.42 bits per heavy atom. The van der Waals surface area contributed by atoms with Gasteiger partial charge in [0.1, 0.15) is 29.8 Å². The Morgan fingerprint density at radius 2 is 1.75 bits per heavy atom. The number of ether oxygens (including phenoxy) is 7. The van der Waals surface area contributed by atoms with E-state index in [0.717, 1.165) is 17.6 Å². The first-order valence-corrected chi connectivity index (χ1v) is 25.1. The van der Waals surface area contributed by atoms with E-state index < -0.39 is 80.6 Å². The molecule has 6 rings (SSSR count). The van der Waals surface area contributed by atoms with Gasteiger partial charge < -0.3 is 47.8 Å². The Morgan fingerprint density at radius 1 is 1.02 bits per heavy atom. The molecule has 59 heavy (non-hydrogen) atoms. The highest BCUT2D eigenvalue weighted by Crippen LogP contribution is 2.50. The van der Waals surface area contributed by atoms with E-state index in [1.165, 1.54) is 0 Å². The molecule has 12 heteroatoms. The molecule has 0 aromatic heterocycles. The topological polar surface area (TPSA) is 131 Å². The van der Waals surface area contributed by atoms with Crippen molar-refractivity contribution >= 4 is 14.3 Å². The maximum Gasteiger partial charge on any atom is 0.316 e. The fourth-order valence-electron chi connectivity index (χ4n) is 9.50. The summed E-state index contributed by atoms with van der Waals surface area (Å²) in [7, 11) is -0.748. The molecule has 0 saturated carbocycles. The molecule has 332 valence electrons. The summed E-state index contributed by atoms with van der Waals surface area (Å²) in [4.78, 5) is 14.7. The highest BCUT2D eigenvalue weighted by molar-refractivity contribution is 6.74. The molecule has 5 heterocycles. The Kier molecular flexibility index (Phi) is 14.2. The van der Waals surface area contributed by atoms with E-state index in [-0.39, 0.29) is 41.6 Å². The Balaban J connectivity index is 1.42. The Labute approximate surface area is 354 Å². The summed E-state index contributed by atoms with van der Waals surface area (Å²) < 4.78 is 52.5. The Bertz CT molecular complexity index is 1660. The zero-order chi connectivity index (χ0) is 43.2. The number of aliphatic hydroxyl groups excluding tert-OH is 1. The molecule has 6 aliphatic rings. The van der Waals surface area contributed by atoms with E-state index in [2.05, 4.69) is 80.6 Å². The van der Waals surface area contributed by atoms with Crippen LogP contribution in [0.5, 0.6) is 0 Å². The second-order valence-electron chi connectivity index (χ2n) is 19.9. The third kappa shape index (κ3) is 9.53. The standard InChI is InChI=1S/C47H74O11Si/c1-14-27(2)41-30(5)20-21-46(57-41)25-35-23-34(56-46)19-18-29(4)40(55-38-24-37(51-11)39(48)32(7)53-38)28(3)16-15-17-33-26-52-43-42(58-59(12,13)45(8,9)10)31(6)22-36(44(49)54-35)47(33,43)50/h15-18,20-22,27-28,30,32,34-43,48,50H,14,19,23-26H2,1-13H3/t27-,28-,30-,32?,34+,35-,36?,37?,38?,39?,40-,41+,42+,43+,46?,47+/m0/s1. The summed E-state index contributed by atoms with van der Waals surface area (Å²) in [5.74, 6) is -2.28. The minimum absolute atomic E-state index is 0.0699. The van der Waals surface area contributed by atoms with E-state index in [9.17, 15) is 15.0 Å². The zero-order valence-corrected chi connectivity index (χ0v) is 38.9. The normalized spacial score (nSPS) is 42.7. The number of hydrogen-bond acceptors (Lipinski definition) is 11. The van der Waals surface area contributed by atoms with E-state index >= 15 is 0 Å². The first-order valence-electron chi connectivity index (χ1n) is 22.1. The molecule has 2 bridgehead atoms. The number of rotatable bonds is 7. The van der Waals surface area contributed by atoms with Crippen LogP contribution in [0.2, 0.25) is 18.1 Å². The quantitative estimate of drug-likeness (QED) is 0.148. The van der Waals surface area contributed by atoms with Crippen LogP contribution in [0.3, 0.4) is 0 Å². The number of methoxy groups -OCH3 is 1. The number of aliphatic hydroxyl groups is 2. The second-order valence-corrected chi connectivity index (χ2v) is 24.7. The number of allylic oxidation sites excluding steroid dienone is 2. The third-order valence-corrected chi connectivity index (χ3v) is 18.9. The average molecular weight is 843 g/mol. The van der Waals surface area contributed by atoms with Crippen molar-refractivity contribution in [2.24, 2.45) is 23.7 Å². The SMILES string of the molecule is CC[C@H](C)[C@H]1OC2(C=C[C@@H]1C)C[C@@H]1C[C@@H](CC=C(C)[C@@H](OC3CC(OC)C(O)C(C)O3)[C@@H](C)C=CC=C3CO[C@@H]4[C@H](O[Si](C)(C)C(C)(C)C)C(C)=CC(C(=O)O1)[C@]34O)O2. The molecular formula is C47H74O11Si. The lowest BCUT2D eigenvalue weighted by molar-refractivity contribution is -0.300. The summed E-state index contributed by atoms with van der Waals surface area (Å²) in [6.07, 6.45) is 11.7. The number of carbonyl (C=O) groups is 1. The van der Waals surface area contributed by atoms with Crippen LogP contribution in [0.1, 0.15) is 101 Å². The van der Waals surface area contributed by atoms with Crippen molar-refractivity contribution in [3.05, 3.63) is 59.3 Å². The first kappa shape index (κ1) is 46.5. The number of carbonyl (C=O) groups excluding carboxylic acids is 1. The summed E-state index contributed by atoms with van der Waals surface area (Å²) in [5.41, 5.74) is 0.703. The van der Waals surface area contributed by atoms with Crippen LogP contribution < -0.4 is 0 Å². The summed E-state index contributed by atoms with van der Waals surface area (Å²) in [5, 5.41) is 23.7. The molecule has 0 aromatic rings. The molecule has 3 fully saturated rings. The molecule has 16 atom stereocenters. The van der Waals surface area contributed by atoms with Gasteiger partial charge in [0.25, 0.3) is 0 Å². The molecule has 1 aliphatic carbocycles. The number of hydrogen-bond donors (Lipinski definition) is 2. The van der Waals surface area contributed by atoms with Gasteiger partial charge in [0.15, 0.2) is 20.4 Å². The van der Waals surface area contributed by atoms with E-state index in [1.807, 2.05) is 44.2 Å². The second kappa shape index (κ2) is 18.0. The molecule has 11 nitrogen and oxygen atoms in total. The van der Waals surface area contributed by atoms with Crippen molar-refractivity contribution in [1.29, 1.82) is 0 Å². The molecule has 3 saturated heterocycles. The minimum atomic E-state index is -2.34. The lowest BCUT2D eigenvalue weighted by Gasteiger charge is -2.49. The predicted octanol–water partition coefficient (Wildman–Crippen LogP) is 7.87. The smallest absolute Gasteiger partial charge is 0.316 e. The molecule has 0 amide bonds. The van der Waals surface area contributed by atoms with Crippen LogP contribution in [0.15, 0.2) is 59.3 Å². The maximum atomic E-state index is 14.7. The lowest BCUT2D eigenvalue weighted by atomic mass is 9.71. The highest BCUT2D eigenvalue weighted by atomic mass is 28.4. The van der Waals surface area contributed by atoms with E-state index in [4.69, 9.17) is 37.6 Å². The zero-order valence-electron chi connectivity index (χ0n) is 37.9. The van der Waals surface area contributed by atoms with Crippen molar-refractivity contribution in [3.8, 4) is 0 Å². The van der Waals surface area contributed by atoms with Gasteiger partial charge in [-0.2, -0.15) is 0 Å². The Hall–Kier alpha value is -1.97. The molecule has 2 N–H and O–H groups in total. The van der Waals surface area contributed by atoms with Crippen molar-refractivity contribution in [3.63, 3.8) is 0 Å². The van der Waals surface area contributed by atoms with Crippen LogP contribution in [0, 0.1) is 23.7 Å². The molecule has 0 aromatic carbocycles. The van der Waals surface area contributed by atoms with Gasteiger partial charge in [0.2, 0.25) is 0 Å². The van der Waals surface area contributed by atoms with Gasteiger partial charge in [-0.25, -0.2) is 0 Å². The van der Waals surface area contributed by atoms with Gasteiger partial charge in [-0.3, -0.25) is 4.79 Å². The van der Waals surface area contributed by atoms with E-state index in [1.54, 1.807) is 7.11 Å². The van der Waals surface area contributed by atoms with Crippen LogP contribution in [0.25, 0.3) is 0 Å². The monoisotopic (exact) mass is 843 g/mol. The minimum Gasteiger partial charge on any atom is -0.462 e. The van der Waals surface area contributed by atoms with Crippen molar-refractivity contribution in [1.82, 2.24) is 0 Å². The van der Waals surface area contributed by atoms with Gasteiger partial charge >= 0.3 is 5.97 Å². The van der Waals surface area contributed by atoms with Crippen molar-refractivity contribution < 1.29 is 52.6 Å². The van der Waals surface area contributed by atoms with Gasteiger partial charge in [0, 0.05) is 38.2 Å². The van der Waals surface area contributed by atoms with E-state index in [0.29, 0.717) is 31.3 Å².